The van der Waals surface area contributed by atoms with E-state index >= 15 is 0 Å². The first-order valence-electron chi connectivity index (χ1n) is 8.46. The minimum Gasteiger partial charge on any atom is -0.491 e. The number of aliphatic hydroxyl groups excluding tert-OH is 1. The van der Waals surface area contributed by atoms with Gasteiger partial charge in [0, 0.05) is 6.42 Å². The summed E-state index contributed by atoms with van der Waals surface area (Å²) in [5.41, 5.74) is 0. The Kier molecular flexibility index (Phi) is 8.84. The van der Waals surface area contributed by atoms with Crippen LogP contribution in [0.15, 0.2) is 60.7 Å². The van der Waals surface area contributed by atoms with Crippen molar-refractivity contribution in [2.24, 2.45) is 0 Å². The zero-order valence-corrected chi connectivity index (χ0v) is 14.7. The summed E-state index contributed by atoms with van der Waals surface area (Å²) in [5.74, 6) is 5.37. The Hall–Kier alpha value is -2.88. The predicted molar refractivity (Wildman–Crippen MR) is 98.4 cm³/mol. The Morgan fingerprint density at radius 3 is 2.81 bits per heavy atom. The van der Waals surface area contributed by atoms with Crippen LogP contribution in [0.4, 0.5) is 4.39 Å². The standard InChI is InChI=1S/C21H21FO5/c22-17-10-12-19(13-11-17)26-14-18(23)8-6-4-2-1-3-5-7-9-20-15-25-16-21(24)27-20/h1,3,5-8,10-13,18,20,23H,9,14-16H2/b3-1+,7-5+,8-6+/t18-,20+/m0/s1. The summed E-state index contributed by atoms with van der Waals surface area (Å²) in [4.78, 5) is 11.0. The maximum absolute atomic E-state index is 12.8. The Bertz CT molecular complexity index is 740. The van der Waals surface area contributed by atoms with Gasteiger partial charge >= 0.3 is 5.97 Å². The van der Waals surface area contributed by atoms with Gasteiger partial charge in [0.2, 0.25) is 0 Å². The first kappa shape index (κ1) is 20.4. The largest absolute Gasteiger partial charge is 0.491 e. The van der Waals surface area contributed by atoms with Gasteiger partial charge in [-0.1, -0.05) is 30.1 Å². The molecule has 1 saturated heterocycles. The van der Waals surface area contributed by atoms with Crippen LogP contribution in [0.2, 0.25) is 0 Å². The number of hydrogen-bond acceptors (Lipinski definition) is 5. The molecule has 1 heterocycles. The van der Waals surface area contributed by atoms with Crippen LogP contribution in [-0.4, -0.2) is 43.1 Å². The van der Waals surface area contributed by atoms with Gasteiger partial charge in [0.25, 0.3) is 0 Å². The number of allylic oxidation sites excluding steroid dienone is 4. The van der Waals surface area contributed by atoms with Crippen molar-refractivity contribution in [3.8, 4) is 17.6 Å². The van der Waals surface area contributed by atoms with E-state index in [1.165, 1.54) is 36.4 Å². The first-order chi connectivity index (χ1) is 13.1. The fourth-order valence-electron chi connectivity index (χ4n) is 2.08. The van der Waals surface area contributed by atoms with Crippen LogP contribution < -0.4 is 4.74 Å². The molecule has 142 valence electrons. The van der Waals surface area contributed by atoms with Gasteiger partial charge in [-0.3, -0.25) is 0 Å². The minimum atomic E-state index is -0.811. The molecule has 0 spiro atoms. The van der Waals surface area contributed by atoms with Gasteiger partial charge in [0.05, 0.1) is 6.61 Å². The molecule has 6 heteroatoms. The minimum absolute atomic E-state index is 0.0241. The fourth-order valence-corrected chi connectivity index (χ4v) is 2.08. The number of carbonyl (C=O) groups is 1. The quantitative estimate of drug-likeness (QED) is 0.453. The van der Waals surface area contributed by atoms with Crippen molar-refractivity contribution in [3.05, 3.63) is 66.5 Å². The van der Waals surface area contributed by atoms with Crippen LogP contribution in [0.25, 0.3) is 0 Å². The third kappa shape index (κ3) is 8.86. The molecular weight excluding hydrogens is 351 g/mol. The molecule has 0 amide bonds. The maximum Gasteiger partial charge on any atom is 0.332 e. The first-order valence-corrected chi connectivity index (χ1v) is 8.46. The van der Waals surface area contributed by atoms with Gasteiger partial charge < -0.3 is 19.3 Å². The van der Waals surface area contributed by atoms with Crippen LogP contribution >= 0.6 is 0 Å². The average Bonchev–Trinajstić information content (AvgIpc) is 2.66. The second kappa shape index (κ2) is 11.7. The van der Waals surface area contributed by atoms with Crippen LogP contribution in [0.3, 0.4) is 0 Å². The topological polar surface area (TPSA) is 65.0 Å². The molecule has 0 unspecified atom stereocenters. The van der Waals surface area contributed by atoms with E-state index in [1.807, 2.05) is 12.2 Å². The van der Waals surface area contributed by atoms with Crippen LogP contribution in [0, 0.1) is 17.7 Å². The van der Waals surface area contributed by atoms with Gasteiger partial charge in [-0.05, 0) is 42.5 Å². The molecule has 1 N–H and O–H groups in total. The second-order valence-corrected chi connectivity index (χ2v) is 5.63. The second-order valence-electron chi connectivity index (χ2n) is 5.63. The molecule has 2 atom stereocenters. The Morgan fingerprint density at radius 1 is 1.26 bits per heavy atom. The van der Waals surface area contributed by atoms with Crippen molar-refractivity contribution in [2.75, 3.05) is 19.8 Å². The smallest absolute Gasteiger partial charge is 0.332 e. The molecule has 1 aromatic rings. The number of aliphatic hydroxyl groups is 1. The van der Waals surface area contributed by atoms with Crippen molar-refractivity contribution in [1.82, 2.24) is 0 Å². The third-order valence-corrected chi connectivity index (χ3v) is 3.37. The molecule has 0 radical (unpaired) electrons. The van der Waals surface area contributed by atoms with E-state index in [2.05, 4.69) is 11.8 Å². The molecule has 0 aliphatic carbocycles. The van der Waals surface area contributed by atoms with Crippen molar-refractivity contribution in [2.45, 2.75) is 18.6 Å². The summed E-state index contributed by atoms with van der Waals surface area (Å²) < 4.78 is 28.3. The molecule has 1 aliphatic heterocycles. The molecule has 5 nitrogen and oxygen atoms in total. The molecular formula is C21H21FO5. The lowest BCUT2D eigenvalue weighted by Gasteiger charge is -2.20. The van der Waals surface area contributed by atoms with Crippen molar-refractivity contribution >= 4 is 5.97 Å². The lowest BCUT2D eigenvalue weighted by molar-refractivity contribution is -0.169. The molecule has 0 bridgehead atoms. The van der Waals surface area contributed by atoms with E-state index < -0.39 is 6.10 Å². The number of hydrogen-bond donors (Lipinski definition) is 1. The number of benzene rings is 1. The van der Waals surface area contributed by atoms with Crippen LogP contribution in [-0.2, 0) is 14.3 Å². The zero-order valence-electron chi connectivity index (χ0n) is 14.7. The van der Waals surface area contributed by atoms with Gasteiger partial charge in [-0.2, -0.15) is 0 Å². The number of carbonyl (C=O) groups excluding carboxylic acids is 1. The van der Waals surface area contributed by atoms with E-state index in [0.717, 1.165) is 0 Å². The summed E-state index contributed by atoms with van der Waals surface area (Å²) in [6.45, 7) is 0.492. The molecule has 0 aromatic heterocycles. The van der Waals surface area contributed by atoms with Gasteiger partial charge in [-0.15, -0.1) is 0 Å². The number of ether oxygens (including phenoxy) is 3. The normalized spacial score (nSPS) is 18.4. The predicted octanol–water partition coefficient (Wildman–Crippen LogP) is 2.57. The lowest BCUT2D eigenvalue weighted by Crippen LogP contribution is -2.32. The molecule has 1 aliphatic rings. The SMILES string of the molecule is O=C1COC[C@@H](C/C=C/C=C/C#C/C=C/[C@H](O)COc2ccc(F)cc2)O1. The summed E-state index contributed by atoms with van der Waals surface area (Å²) in [6, 6.07) is 5.57. The van der Waals surface area contributed by atoms with Crippen LogP contribution in [0.5, 0.6) is 5.75 Å². The Morgan fingerprint density at radius 2 is 2.04 bits per heavy atom. The molecule has 0 saturated carbocycles. The van der Waals surface area contributed by atoms with Crippen molar-refractivity contribution < 1.29 is 28.5 Å². The van der Waals surface area contributed by atoms with E-state index in [0.29, 0.717) is 18.8 Å². The monoisotopic (exact) mass is 372 g/mol. The summed E-state index contributed by atoms with van der Waals surface area (Å²) >= 11 is 0. The zero-order chi connectivity index (χ0) is 19.3. The van der Waals surface area contributed by atoms with E-state index in [1.54, 1.807) is 12.2 Å². The number of esters is 1. The molecule has 2 rings (SSSR count). The molecule has 1 aromatic carbocycles. The highest BCUT2D eigenvalue weighted by Gasteiger charge is 2.19. The van der Waals surface area contributed by atoms with Gasteiger partial charge in [0.1, 0.15) is 37.0 Å². The molecule has 27 heavy (non-hydrogen) atoms. The number of rotatable bonds is 7. The maximum atomic E-state index is 12.8. The van der Waals surface area contributed by atoms with Crippen molar-refractivity contribution in [3.63, 3.8) is 0 Å². The van der Waals surface area contributed by atoms with Crippen LogP contribution in [0.1, 0.15) is 6.42 Å². The van der Waals surface area contributed by atoms with E-state index in [-0.39, 0.29) is 31.1 Å². The number of cyclic esters (lactones) is 1. The summed E-state index contributed by atoms with van der Waals surface area (Å²) in [5, 5.41) is 9.75. The molecule has 1 fully saturated rings. The van der Waals surface area contributed by atoms with Gasteiger partial charge in [-0.25, -0.2) is 9.18 Å². The highest BCUT2D eigenvalue weighted by Crippen LogP contribution is 2.11. The Balaban J connectivity index is 1.61. The third-order valence-electron chi connectivity index (χ3n) is 3.37. The van der Waals surface area contributed by atoms with E-state index in [9.17, 15) is 14.3 Å². The summed E-state index contributed by atoms with van der Waals surface area (Å²) in [7, 11) is 0. The highest BCUT2D eigenvalue weighted by molar-refractivity contribution is 5.71. The van der Waals surface area contributed by atoms with E-state index in [4.69, 9.17) is 14.2 Å². The van der Waals surface area contributed by atoms with Crippen molar-refractivity contribution in [1.29, 1.82) is 0 Å². The fraction of sp³-hybridized carbons (Fsp3) is 0.286. The average molecular weight is 372 g/mol. The summed E-state index contributed by atoms with van der Waals surface area (Å²) in [6.07, 6.45) is 9.69. The lowest BCUT2D eigenvalue weighted by atomic mass is 10.2. The Labute approximate surface area is 157 Å². The number of halogens is 1. The highest BCUT2D eigenvalue weighted by atomic mass is 19.1. The van der Waals surface area contributed by atoms with Gasteiger partial charge in [0.15, 0.2) is 0 Å².